The molecule has 0 aliphatic heterocycles. The summed E-state index contributed by atoms with van der Waals surface area (Å²) in [4.78, 5) is 12.9. The highest BCUT2D eigenvalue weighted by molar-refractivity contribution is 8.00. The fraction of sp³-hybridized carbons (Fsp3) is 0.278. The number of benzene rings is 2. The largest absolute Gasteiger partial charge is 0.493 e. The van der Waals surface area contributed by atoms with Gasteiger partial charge in [0.1, 0.15) is 0 Å². The summed E-state index contributed by atoms with van der Waals surface area (Å²) < 4.78 is 10.5. The first-order chi connectivity index (χ1) is 11.6. The maximum Gasteiger partial charge on any atom is 0.230 e. The molecule has 0 unspecified atom stereocenters. The van der Waals surface area contributed by atoms with Gasteiger partial charge in [0.25, 0.3) is 0 Å². The number of rotatable bonds is 8. The van der Waals surface area contributed by atoms with E-state index in [-0.39, 0.29) is 5.91 Å². The molecule has 0 bridgehead atoms. The molecule has 0 saturated heterocycles. The van der Waals surface area contributed by atoms with Crippen LogP contribution in [0.2, 0.25) is 0 Å². The van der Waals surface area contributed by atoms with Crippen LogP contribution in [0.1, 0.15) is 5.56 Å². The van der Waals surface area contributed by atoms with Crippen molar-refractivity contribution in [3.05, 3.63) is 48.0 Å². The van der Waals surface area contributed by atoms with Crippen molar-refractivity contribution in [2.45, 2.75) is 11.3 Å². The van der Waals surface area contributed by atoms with Crippen LogP contribution in [0, 0.1) is 0 Å². The summed E-state index contributed by atoms with van der Waals surface area (Å²) in [6.07, 6.45) is 0.735. The van der Waals surface area contributed by atoms with E-state index in [1.807, 2.05) is 42.5 Å². The summed E-state index contributed by atoms with van der Waals surface area (Å²) in [7, 11) is 3.22. The zero-order chi connectivity index (χ0) is 17.4. The number of nitrogen functional groups attached to an aromatic ring is 1. The molecular weight excluding hydrogens is 324 g/mol. The Labute approximate surface area is 146 Å². The molecule has 0 aliphatic rings. The molecule has 0 radical (unpaired) electrons. The number of nitrogens with two attached hydrogens (primary N) is 1. The molecule has 2 rings (SSSR count). The van der Waals surface area contributed by atoms with Crippen LogP contribution in [0.15, 0.2) is 47.4 Å². The second-order valence-electron chi connectivity index (χ2n) is 5.15. The third-order valence-electron chi connectivity index (χ3n) is 3.43. The molecular formula is C18H22N2O3S. The standard InChI is InChI=1S/C18H22N2O3S/c1-22-16-8-3-13(11-17(16)23-2)9-10-20-18(21)12-24-15-6-4-14(19)5-7-15/h3-8,11H,9-10,12,19H2,1-2H3,(H,20,21). The van der Waals surface area contributed by atoms with Gasteiger partial charge < -0.3 is 20.5 Å². The lowest BCUT2D eigenvalue weighted by atomic mass is 10.1. The Bertz CT molecular complexity index is 674. The molecule has 0 heterocycles. The predicted octanol–water partition coefficient (Wildman–Crippen LogP) is 2.74. The highest BCUT2D eigenvalue weighted by atomic mass is 32.2. The maximum absolute atomic E-state index is 11.9. The van der Waals surface area contributed by atoms with Crippen molar-refractivity contribution in [1.82, 2.24) is 5.32 Å². The summed E-state index contributed by atoms with van der Waals surface area (Å²) in [5.41, 5.74) is 7.44. The minimum Gasteiger partial charge on any atom is -0.493 e. The van der Waals surface area contributed by atoms with Gasteiger partial charge in [0.15, 0.2) is 11.5 Å². The average Bonchev–Trinajstić information content (AvgIpc) is 2.61. The van der Waals surface area contributed by atoms with Crippen molar-refractivity contribution in [3.63, 3.8) is 0 Å². The van der Waals surface area contributed by atoms with E-state index in [1.165, 1.54) is 11.8 Å². The van der Waals surface area contributed by atoms with E-state index in [0.29, 0.717) is 23.8 Å². The van der Waals surface area contributed by atoms with E-state index in [4.69, 9.17) is 15.2 Å². The zero-order valence-electron chi connectivity index (χ0n) is 13.9. The van der Waals surface area contributed by atoms with Gasteiger partial charge in [-0.25, -0.2) is 0 Å². The summed E-state index contributed by atoms with van der Waals surface area (Å²) in [6.45, 7) is 0.580. The van der Waals surface area contributed by atoms with E-state index >= 15 is 0 Å². The third-order valence-corrected chi connectivity index (χ3v) is 4.45. The van der Waals surface area contributed by atoms with Crippen LogP contribution in [-0.2, 0) is 11.2 Å². The summed E-state index contributed by atoms with van der Waals surface area (Å²) in [5.74, 6) is 1.79. The number of amides is 1. The van der Waals surface area contributed by atoms with Crippen molar-refractivity contribution >= 4 is 23.4 Å². The van der Waals surface area contributed by atoms with Crippen LogP contribution in [0.5, 0.6) is 11.5 Å². The van der Waals surface area contributed by atoms with Crippen LogP contribution < -0.4 is 20.5 Å². The number of carbonyl (C=O) groups is 1. The predicted molar refractivity (Wildman–Crippen MR) is 97.8 cm³/mol. The van der Waals surface area contributed by atoms with E-state index in [2.05, 4.69) is 5.32 Å². The molecule has 0 atom stereocenters. The van der Waals surface area contributed by atoms with Crippen molar-refractivity contribution < 1.29 is 14.3 Å². The number of hydrogen-bond donors (Lipinski definition) is 2. The Hall–Kier alpha value is -2.34. The Morgan fingerprint density at radius 1 is 1.08 bits per heavy atom. The normalized spacial score (nSPS) is 10.2. The first-order valence-corrected chi connectivity index (χ1v) is 8.57. The molecule has 6 heteroatoms. The minimum absolute atomic E-state index is 0.0114. The summed E-state index contributed by atoms with van der Waals surface area (Å²) >= 11 is 1.49. The minimum atomic E-state index is 0.0114. The number of methoxy groups -OCH3 is 2. The quantitative estimate of drug-likeness (QED) is 0.568. The molecule has 3 N–H and O–H groups in total. The van der Waals surface area contributed by atoms with Gasteiger partial charge in [-0.15, -0.1) is 11.8 Å². The first kappa shape index (κ1) is 18.0. The van der Waals surface area contributed by atoms with Gasteiger partial charge in [-0.3, -0.25) is 4.79 Å². The highest BCUT2D eigenvalue weighted by Gasteiger charge is 2.06. The van der Waals surface area contributed by atoms with Crippen LogP contribution >= 0.6 is 11.8 Å². The second-order valence-corrected chi connectivity index (χ2v) is 6.20. The molecule has 2 aromatic carbocycles. The molecule has 0 aliphatic carbocycles. The maximum atomic E-state index is 11.9. The van der Waals surface area contributed by atoms with E-state index < -0.39 is 0 Å². The lowest BCUT2D eigenvalue weighted by Gasteiger charge is -2.10. The molecule has 2 aromatic rings. The number of hydrogen-bond acceptors (Lipinski definition) is 5. The first-order valence-electron chi connectivity index (χ1n) is 7.58. The van der Waals surface area contributed by atoms with E-state index in [9.17, 15) is 4.79 Å². The molecule has 128 valence electrons. The molecule has 1 amide bonds. The van der Waals surface area contributed by atoms with Crippen molar-refractivity contribution in [1.29, 1.82) is 0 Å². The zero-order valence-corrected chi connectivity index (χ0v) is 14.7. The van der Waals surface area contributed by atoms with Gasteiger partial charge in [0.2, 0.25) is 5.91 Å². The molecule has 5 nitrogen and oxygen atoms in total. The summed E-state index contributed by atoms with van der Waals surface area (Å²) in [6, 6.07) is 13.3. The van der Waals surface area contributed by atoms with Crippen molar-refractivity contribution in [2.75, 3.05) is 32.3 Å². The molecule has 0 saturated carbocycles. The number of ether oxygens (including phenoxy) is 2. The Morgan fingerprint density at radius 2 is 1.79 bits per heavy atom. The number of thioether (sulfide) groups is 1. The van der Waals surface area contributed by atoms with Crippen LogP contribution in [0.4, 0.5) is 5.69 Å². The SMILES string of the molecule is COc1ccc(CCNC(=O)CSc2ccc(N)cc2)cc1OC. The molecule has 0 spiro atoms. The fourth-order valence-electron chi connectivity index (χ4n) is 2.15. The molecule has 24 heavy (non-hydrogen) atoms. The highest BCUT2D eigenvalue weighted by Crippen LogP contribution is 2.27. The Kier molecular flexibility index (Phi) is 6.81. The second kappa shape index (κ2) is 9.08. The fourth-order valence-corrected chi connectivity index (χ4v) is 2.87. The Balaban J connectivity index is 1.75. The molecule has 0 aromatic heterocycles. The van der Waals surface area contributed by atoms with Crippen molar-refractivity contribution in [2.24, 2.45) is 0 Å². The number of nitrogens with one attached hydrogen (secondary N) is 1. The monoisotopic (exact) mass is 346 g/mol. The number of carbonyl (C=O) groups excluding carboxylic acids is 1. The van der Waals surface area contributed by atoms with Gasteiger partial charge in [-0.1, -0.05) is 6.07 Å². The molecule has 0 fully saturated rings. The van der Waals surface area contributed by atoms with E-state index in [0.717, 1.165) is 22.6 Å². The average molecular weight is 346 g/mol. The van der Waals surface area contributed by atoms with E-state index in [1.54, 1.807) is 14.2 Å². The van der Waals surface area contributed by atoms with Crippen LogP contribution in [0.3, 0.4) is 0 Å². The smallest absolute Gasteiger partial charge is 0.230 e. The van der Waals surface area contributed by atoms with Gasteiger partial charge in [0, 0.05) is 17.1 Å². The lowest BCUT2D eigenvalue weighted by molar-refractivity contribution is -0.118. The van der Waals surface area contributed by atoms with Gasteiger partial charge >= 0.3 is 0 Å². The van der Waals surface area contributed by atoms with Crippen LogP contribution in [-0.4, -0.2) is 32.4 Å². The van der Waals surface area contributed by atoms with Crippen molar-refractivity contribution in [3.8, 4) is 11.5 Å². The third kappa shape index (κ3) is 5.38. The Morgan fingerprint density at radius 3 is 2.46 bits per heavy atom. The summed E-state index contributed by atoms with van der Waals surface area (Å²) in [5, 5.41) is 2.92. The van der Waals surface area contributed by atoms with Gasteiger partial charge in [0.05, 0.1) is 20.0 Å². The number of anilines is 1. The van der Waals surface area contributed by atoms with Gasteiger partial charge in [-0.05, 0) is 48.4 Å². The lowest BCUT2D eigenvalue weighted by Crippen LogP contribution is -2.27. The topological polar surface area (TPSA) is 73.6 Å². The van der Waals surface area contributed by atoms with Gasteiger partial charge in [-0.2, -0.15) is 0 Å². The van der Waals surface area contributed by atoms with Crippen LogP contribution in [0.25, 0.3) is 0 Å².